The molecule has 2 rings (SSSR count). The zero-order valence-corrected chi connectivity index (χ0v) is 14.0. The molecule has 6 nitrogen and oxygen atoms in total. The van der Waals surface area contributed by atoms with Crippen molar-refractivity contribution < 1.29 is 36.6 Å². The molecule has 10 heteroatoms. The summed E-state index contributed by atoms with van der Waals surface area (Å²) in [6.07, 6.45) is -7.63. The lowest BCUT2D eigenvalue weighted by molar-refractivity contribution is -0.391. The SMILES string of the molecule is C=C(/C=N\N=C/C)C(=O)CCC(=O)c1ccc2c(c1)OC(F)(F)C(F)(F)O2. The van der Waals surface area contributed by atoms with Crippen LogP contribution in [-0.4, -0.2) is 36.2 Å². The van der Waals surface area contributed by atoms with Gasteiger partial charge in [0.2, 0.25) is 0 Å². The van der Waals surface area contributed by atoms with Gasteiger partial charge in [0.1, 0.15) is 0 Å². The summed E-state index contributed by atoms with van der Waals surface area (Å²) in [6, 6.07) is 2.89. The number of Topliss-reactive ketones (excluding diaryl/α,β-unsaturated/α-hetero) is 2. The van der Waals surface area contributed by atoms with E-state index in [-0.39, 0.29) is 24.0 Å². The van der Waals surface area contributed by atoms with Crippen LogP contribution in [0.3, 0.4) is 0 Å². The first-order valence-corrected chi connectivity index (χ1v) is 7.61. The van der Waals surface area contributed by atoms with E-state index in [2.05, 4.69) is 26.3 Å². The Bertz CT molecular complexity index is 834. The smallest absolute Gasteiger partial charge is 0.421 e. The van der Waals surface area contributed by atoms with Crippen LogP contribution in [0.2, 0.25) is 0 Å². The van der Waals surface area contributed by atoms with Gasteiger partial charge in [-0.3, -0.25) is 9.59 Å². The number of hydrogen-bond acceptors (Lipinski definition) is 6. The summed E-state index contributed by atoms with van der Waals surface area (Å²) in [4.78, 5) is 24.0. The summed E-state index contributed by atoms with van der Waals surface area (Å²) in [5.41, 5.74) is -0.0570. The van der Waals surface area contributed by atoms with Gasteiger partial charge in [0, 0.05) is 30.2 Å². The van der Waals surface area contributed by atoms with E-state index >= 15 is 0 Å². The van der Waals surface area contributed by atoms with Crippen LogP contribution in [0.5, 0.6) is 11.5 Å². The van der Waals surface area contributed by atoms with E-state index < -0.39 is 35.3 Å². The molecule has 0 aliphatic carbocycles. The van der Waals surface area contributed by atoms with Gasteiger partial charge in [0.25, 0.3) is 0 Å². The number of fused-ring (bicyclic) bond motifs is 1. The van der Waals surface area contributed by atoms with Gasteiger partial charge in [-0.05, 0) is 25.1 Å². The second-order valence-electron chi connectivity index (χ2n) is 5.39. The van der Waals surface area contributed by atoms with Crippen molar-refractivity contribution in [3.63, 3.8) is 0 Å². The molecular weight excluding hydrogens is 372 g/mol. The van der Waals surface area contributed by atoms with E-state index in [1.165, 1.54) is 6.21 Å². The molecule has 0 amide bonds. The van der Waals surface area contributed by atoms with E-state index in [1.54, 1.807) is 6.92 Å². The summed E-state index contributed by atoms with van der Waals surface area (Å²) in [5, 5.41) is 7.07. The highest BCUT2D eigenvalue weighted by atomic mass is 19.3. The standard InChI is InChI=1S/C17H14F4N2O4/c1-3-22-23-9-10(2)12(24)5-6-13(25)11-4-7-14-15(8-11)27-17(20,21)16(18,19)26-14/h3-4,7-9H,2,5-6H2,1H3/b22-3-,23-9-. The lowest BCUT2D eigenvalue weighted by atomic mass is 10.0. The van der Waals surface area contributed by atoms with E-state index in [4.69, 9.17) is 0 Å². The number of ether oxygens (including phenoxy) is 2. The Balaban J connectivity index is 2.04. The van der Waals surface area contributed by atoms with Gasteiger partial charge in [0.15, 0.2) is 23.1 Å². The van der Waals surface area contributed by atoms with Gasteiger partial charge >= 0.3 is 12.2 Å². The number of halogens is 4. The quantitative estimate of drug-likeness (QED) is 0.235. The number of hydrogen-bond donors (Lipinski definition) is 0. The highest BCUT2D eigenvalue weighted by Crippen LogP contribution is 2.47. The monoisotopic (exact) mass is 386 g/mol. The van der Waals surface area contributed by atoms with Crippen LogP contribution < -0.4 is 9.47 Å². The minimum Gasteiger partial charge on any atom is -0.421 e. The molecule has 1 aromatic carbocycles. The Hall–Kier alpha value is -3.04. The van der Waals surface area contributed by atoms with Crippen LogP contribution in [0.25, 0.3) is 0 Å². The molecular formula is C17H14F4N2O4. The number of nitrogens with zero attached hydrogens (tertiary/aromatic N) is 2. The lowest BCUT2D eigenvalue weighted by Crippen LogP contribution is -2.52. The number of ketones is 2. The van der Waals surface area contributed by atoms with E-state index in [1.807, 2.05) is 0 Å². The first kappa shape index (κ1) is 20.3. The molecule has 0 saturated carbocycles. The fourth-order valence-corrected chi connectivity index (χ4v) is 2.01. The maximum atomic E-state index is 13.2. The first-order chi connectivity index (χ1) is 12.6. The van der Waals surface area contributed by atoms with Gasteiger partial charge in [-0.2, -0.15) is 27.8 Å². The van der Waals surface area contributed by atoms with Crippen molar-refractivity contribution in [1.82, 2.24) is 0 Å². The van der Waals surface area contributed by atoms with Crippen LogP contribution in [-0.2, 0) is 4.79 Å². The van der Waals surface area contributed by atoms with E-state index in [9.17, 15) is 27.2 Å². The number of carbonyl (C=O) groups is 2. The Morgan fingerprint density at radius 2 is 1.70 bits per heavy atom. The average molecular weight is 386 g/mol. The summed E-state index contributed by atoms with van der Waals surface area (Å²) < 4.78 is 60.5. The molecule has 1 aliphatic rings. The van der Waals surface area contributed by atoms with Crippen molar-refractivity contribution in [2.24, 2.45) is 10.2 Å². The predicted octanol–water partition coefficient (Wildman–Crippen LogP) is 3.81. The van der Waals surface area contributed by atoms with Crippen molar-refractivity contribution in [1.29, 1.82) is 0 Å². The fraction of sp³-hybridized carbons (Fsp3) is 0.294. The van der Waals surface area contributed by atoms with Crippen molar-refractivity contribution in [2.45, 2.75) is 32.0 Å². The van der Waals surface area contributed by atoms with E-state index in [0.717, 1.165) is 24.4 Å². The maximum absolute atomic E-state index is 13.2. The predicted molar refractivity (Wildman–Crippen MR) is 88.0 cm³/mol. The van der Waals surface area contributed by atoms with Crippen molar-refractivity contribution in [2.75, 3.05) is 0 Å². The van der Waals surface area contributed by atoms with Gasteiger partial charge in [-0.15, -0.1) is 0 Å². The first-order valence-electron chi connectivity index (χ1n) is 7.61. The summed E-state index contributed by atoms with van der Waals surface area (Å²) >= 11 is 0. The Morgan fingerprint density at radius 3 is 2.33 bits per heavy atom. The molecule has 0 N–H and O–H groups in total. The van der Waals surface area contributed by atoms with E-state index in [0.29, 0.717) is 0 Å². The minimum atomic E-state index is -4.88. The molecule has 0 saturated heterocycles. The molecule has 144 valence electrons. The van der Waals surface area contributed by atoms with Crippen LogP contribution in [0.15, 0.2) is 40.6 Å². The maximum Gasteiger partial charge on any atom is 0.507 e. The Morgan fingerprint density at radius 1 is 1.07 bits per heavy atom. The molecule has 1 heterocycles. The molecule has 1 aliphatic heterocycles. The Labute approximate surface area is 151 Å². The average Bonchev–Trinajstić information content (AvgIpc) is 2.59. The van der Waals surface area contributed by atoms with Crippen molar-refractivity contribution in [3.05, 3.63) is 35.9 Å². The molecule has 1 aromatic rings. The Kier molecular flexibility index (Phi) is 5.77. The second-order valence-corrected chi connectivity index (χ2v) is 5.39. The summed E-state index contributed by atoms with van der Waals surface area (Å²) in [7, 11) is 0. The third-order valence-electron chi connectivity index (χ3n) is 3.41. The second kappa shape index (κ2) is 7.68. The molecule has 0 fully saturated rings. The van der Waals surface area contributed by atoms with Crippen LogP contribution in [0, 0.1) is 0 Å². The van der Waals surface area contributed by atoms with Gasteiger partial charge in [-0.25, -0.2) is 0 Å². The van der Waals surface area contributed by atoms with Crippen molar-refractivity contribution >= 4 is 24.0 Å². The largest absolute Gasteiger partial charge is 0.507 e. The number of alkyl halides is 4. The lowest BCUT2D eigenvalue weighted by Gasteiger charge is -2.31. The molecule has 0 radical (unpaired) electrons. The number of carbonyl (C=O) groups excluding carboxylic acids is 2. The number of rotatable bonds is 7. The number of benzene rings is 1. The minimum absolute atomic E-state index is 0.0393. The highest BCUT2D eigenvalue weighted by Gasteiger charge is 2.65. The normalized spacial score (nSPS) is 17.2. The summed E-state index contributed by atoms with van der Waals surface area (Å²) in [6.45, 7) is 5.12. The fourth-order valence-electron chi connectivity index (χ4n) is 2.01. The summed E-state index contributed by atoms with van der Waals surface area (Å²) in [5.74, 6) is -2.36. The van der Waals surface area contributed by atoms with Crippen LogP contribution in [0.1, 0.15) is 30.1 Å². The molecule has 0 atom stereocenters. The topological polar surface area (TPSA) is 77.3 Å². The van der Waals surface area contributed by atoms with Crippen LogP contribution in [0.4, 0.5) is 17.6 Å². The molecule has 0 aromatic heterocycles. The highest BCUT2D eigenvalue weighted by molar-refractivity contribution is 6.13. The van der Waals surface area contributed by atoms with Gasteiger partial charge in [-0.1, -0.05) is 6.58 Å². The molecule has 0 unspecified atom stereocenters. The molecule has 0 bridgehead atoms. The third-order valence-corrected chi connectivity index (χ3v) is 3.41. The van der Waals surface area contributed by atoms with Gasteiger partial charge < -0.3 is 9.47 Å². The zero-order valence-electron chi connectivity index (χ0n) is 14.0. The zero-order chi connectivity index (χ0) is 20.2. The third kappa shape index (κ3) is 4.57. The molecule has 0 spiro atoms. The number of allylic oxidation sites excluding steroid dienone is 1. The van der Waals surface area contributed by atoms with Gasteiger partial charge in [0.05, 0.1) is 6.21 Å². The molecule has 27 heavy (non-hydrogen) atoms. The van der Waals surface area contributed by atoms with Crippen molar-refractivity contribution in [3.8, 4) is 11.5 Å². The van der Waals surface area contributed by atoms with Crippen LogP contribution >= 0.6 is 0 Å².